The number of methoxy groups -OCH3 is 1. The van der Waals surface area contributed by atoms with E-state index < -0.39 is 6.04 Å². The Morgan fingerprint density at radius 3 is 2.50 bits per heavy atom. The minimum Gasteiger partial charge on any atom is -0.468 e. The Balaban J connectivity index is 2.12. The minimum absolute atomic E-state index is 0.332. The molecule has 5 heteroatoms. The highest BCUT2D eigenvalue weighted by Crippen LogP contribution is 2.18. The molecule has 0 aliphatic rings. The van der Waals surface area contributed by atoms with Gasteiger partial charge in [0.15, 0.2) is 0 Å². The van der Waals surface area contributed by atoms with Crippen LogP contribution >= 0.6 is 11.6 Å². The first kappa shape index (κ1) is 14.5. The van der Waals surface area contributed by atoms with Gasteiger partial charge in [-0.2, -0.15) is 0 Å². The fraction of sp³-hybridized carbons (Fsp3) is 0.200. The summed E-state index contributed by atoms with van der Waals surface area (Å²) in [5, 5.41) is 3.81. The molecule has 1 N–H and O–H groups in total. The van der Waals surface area contributed by atoms with E-state index in [1.807, 2.05) is 24.3 Å². The van der Waals surface area contributed by atoms with Crippen LogP contribution in [0.5, 0.6) is 0 Å². The van der Waals surface area contributed by atoms with Crippen molar-refractivity contribution in [3.8, 4) is 0 Å². The maximum atomic E-state index is 11.9. The molecule has 1 aromatic heterocycles. The van der Waals surface area contributed by atoms with Crippen molar-refractivity contribution in [3.05, 3.63) is 64.9 Å². The van der Waals surface area contributed by atoms with Crippen molar-refractivity contribution in [2.45, 2.75) is 12.6 Å². The SMILES string of the molecule is COC(=O)C(NCc1ccncc1)c1ccc(Cl)cc1. The van der Waals surface area contributed by atoms with E-state index in [2.05, 4.69) is 10.3 Å². The first-order valence-electron chi connectivity index (χ1n) is 6.16. The number of hydrogen-bond donors (Lipinski definition) is 1. The molecule has 0 amide bonds. The third-order valence-electron chi connectivity index (χ3n) is 2.90. The number of carbonyl (C=O) groups is 1. The zero-order valence-electron chi connectivity index (χ0n) is 11.0. The minimum atomic E-state index is -0.523. The number of benzene rings is 1. The van der Waals surface area contributed by atoms with E-state index in [1.54, 1.807) is 24.5 Å². The summed E-state index contributed by atoms with van der Waals surface area (Å²) in [6.07, 6.45) is 3.43. The fourth-order valence-corrected chi connectivity index (χ4v) is 1.96. The highest BCUT2D eigenvalue weighted by Gasteiger charge is 2.20. The van der Waals surface area contributed by atoms with Crippen LogP contribution in [0.2, 0.25) is 5.02 Å². The predicted octanol–water partition coefficient (Wildman–Crippen LogP) is 2.74. The Morgan fingerprint density at radius 1 is 1.25 bits per heavy atom. The highest BCUT2D eigenvalue weighted by molar-refractivity contribution is 6.30. The maximum absolute atomic E-state index is 11.9. The summed E-state index contributed by atoms with van der Waals surface area (Å²) in [7, 11) is 1.37. The van der Waals surface area contributed by atoms with Gasteiger partial charge in [0.25, 0.3) is 0 Å². The first-order chi connectivity index (χ1) is 9.70. The van der Waals surface area contributed by atoms with E-state index in [4.69, 9.17) is 16.3 Å². The Kier molecular flexibility index (Phi) is 5.09. The average molecular weight is 291 g/mol. The summed E-state index contributed by atoms with van der Waals surface area (Å²) in [4.78, 5) is 15.8. The number of hydrogen-bond acceptors (Lipinski definition) is 4. The smallest absolute Gasteiger partial charge is 0.327 e. The van der Waals surface area contributed by atoms with E-state index in [1.165, 1.54) is 7.11 Å². The van der Waals surface area contributed by atoms with Gasteiger partial charge in [-0.15, -0.1) is 0 Å². The summed E-state index contributed by atoms with van der Waals surface area (Å²) in [5.74, 6) is -0.332. The third kappa shape index (κ3) is 3.79. The quantitative estimate of drug-likeness (QED) is 0.860. The van der Waals surface area contributed by atoms with Crippen molar-refractivity contribution in [2.75, 3.05) is 7.11 Å². The molecule has 0 saturated carbocycles. The molecule has 20 heavy (non-hydrogen) atoms. The van der Waals surface area contributed by atoms with Crippen molar-refractivity contribution in [2.24, 2.45) is 0 Å². The van der Waals surface area contributed by atoms with E-state index in [0.717, 1.165) is 11.1 Å². The second kappa shape index (κ2) is 7.03. The second-order valence-corrected chi connectivity index (χ2v) is 4.68. The van der Waals surface area contributed by atoms with Crippen LogP contribution in [-0.4, -0.2) is 18.1 Å². The van der Waals surface area contributed by atoms with Gasteiger partial charge in [0.05, 0.1) is 7.11 Å². The molecule has 0 aliphatic carbocycles. The van der Waals surface area contributed by atoms with Crippen molar-refractivity contribution in [1.29, 1.82) is 0 Å². The van der Waals surface area contributed by atoms with E-state index >= 15 is 0 Å². The summed E-state index contributed by atoms with van der Waals surface area (Å²) < 4.78 is 4.84. The molecule has 2 rings (SSSR count). The summed E-state index contributed by atoms with van der Waals surface area (Å²) in [6, 6.07) is 10.4. The lowest BCUT2D eigenvalue weighted by atomic mass is 10.1. The standard InChI is InChI=1S/C15H15ClN2O2/c1-20-15(19)14(12-2-4-13(16)5-3-12)18-10-11-6-8-17-9-7-11/h2-9,14,18H,10H2,1H3. The Bertz CT molecular complexity index is 558. The van der Waals surface area contributed by atoms with Crippen molar-refractivity contribution in [3.63, 3.8) is 0 Å². The lowest BCUT2D eigenvalue weighted by molar-refractivity contribution is -0.143. The number of rotatable bonds is 5. The van der Waals surface area contributed by atoms with E-state index in [9.17, 15) is 4.79 Å². The number of pyridine rings is 1. The number of nitrogens with zero attached hydrogens (tertiary/aromatic N) is 1. The van der Waals surface area contributed by atoms with E-state index in [0.29, 0.717) is 11.6 Å². The van der Waals surface area contributed by atoms with Crippen LogP contribution in [-0.2, 0) is 16.1 Å². The summed E-state index contributed by atoms with van der Waals surface area (Å²) >= 11 is 5.86. The lowest BCUT2D eigenvalue weighted by Gasteiger charge is -2.17. The average Bonchev–Trinajstić information content (AvgIpc) is 2.50. The molecule has 0 bridgehead atoms. The molecule has 0 radical (unpaired) electrons. The number of ether oxygens (including phenoxy) is 1. The predicted molar refractivity (Wildman–Crippen MR) is 77.3 cm³/mol. The summed E-state index contributed by atoms with van der Waals surface area (Å²) in [6.45, 7) is 0.547. The Hall–Kier alpha value is -1.91. The molecule has 0 fully saturated rings. The molecular weight excluding hydrogens is 276 g/mol. The Labute approximate surface area is 122 Å². The first-order valence-corrected chi connectivity index (χ1v) is 6.54. The van der Waals surface area contributed by atoms with Crippen LogP contribution in [0, 0.1) is 0 Å². The van der Waals surface area contributed by atoms with Crippen LogP contribution in [0.4, 0.5) is 0 Å². The van der Waals surface area contributed by atoms with Crippen LogP contribution in [0.25, 0.3) is 0 Å². The monoisotopic (exact) mass is 290 g/mol. The molecule has 1 unspecified atom stereocenters. The van der Waals surface area contributed by atoms with Crippen LogP contribution < -0.4 is 5.32 Å². The molecule has 1 heterocycles. The molecule has 0 saturated heterocycles. The number of esters is 1. The van der Waals surface area contributed by atoms with Gasteiger partial charge in [0, 0.05) is 24.0 Å². The largest absolute Gasteiger partial charge is 0.468 e. The maximum Gasteiger partial charge on any atom is 0.327 e. The summed E-state index contributed by atoms with van der Waals surface area (Å²) in [5.41, 5.74) is 1.86. The second-order valence-electron chi connectivity index (χ2n) is 4.24. The molecule has 0 spiro atoms. The molecule has 0 aliphatic heterocycles. The highest BCUT2D eigenvalue weighted by atomic mass is 35.5. The fourth-order valence-electron chi connectivity index (χ4n) is 1.83. The molecule has 1 aromatic carbocycles. The molecule has 2 aromatic rings. The van der Waals surface area contributed by atoms with Gasteiger partial charge in [0.2, 0.25) is 0 Å². The van der Waals surface area contributed by atoms with Gasteiger partial charge in [-0.25, -0.2) is 4.79 Å². The van der Waals surface area contributed by atoms with Crippen molar-refractivity contribution < 1.29 is 9.53 Å². The zero-order valence-corrected chi connectivity index (χ0v) is 11.8. The van der Waals surface area contributed by atoms with Gasteiger partial charge < -0.3 is 4.74 Å². The van der Waals surface area contributed by atoms with Gasteiger partial charge in [-0.3, -0.25) is 10.3 Å². The number of aromatic nitrogens is 1. The van der Waals surface area contributed by atoms with E-state index in [-0.39, 0.29) is 5.97 Å². The number of carbonyl (C=O) groups excluding carboxylic acids is 1. The number of halogens is 1. The van der Waals surface area contributed by atoms with Gasteiger partial charge in [0.1, 0.15) is 6.04 Å². The lowest BCUT2D eigenvalue weighted by Crippen LogP contribution is -2.29. The molecular formula is C15H15ClN2O2. The van der Waals surface area contributed by atoms with Gasteiger partial charge in [-0.1, -0.05) is 23.7 Å². The van der Waals surface area contributed by atoms with Gasteiger partial charge in [-0.05, 0) is 35.4 Å². The topological polar surface area (TPSA) is 51.2 Å². The number of nitrogens with one attached hydrogen (secondary N) is 1. The zero-order chi connectivity index (χ0) is 14.4. The molecule has 4 nitrogen and oxygen atoms in total. The normalized spacial score (nSPS) is 11.9. The third-order valence-corrected chi connectivity index (χ3v) is 3.15. The van der Waals surface area contributed by atoms with Gasteiger partial charge >= 0.3 is 5.97 Å². The molecule has 1 atom stereocenters. The van der Waals surface area contributed by atoms with Crippen LogP contribution in [0.15, 0.2) is 48.8 Å². The van der Waals surface area contributed by atoms with Crippen molar-refractivity contribution in [1.82, 2.24) is 10.3 Å². The Morgan fingerprint density at radius 2 is 1.90 bits per heavy atom. The molecule has 104 valence electrons. The van der Waals surface area contributed by atoms with Crippen LogP contribution in [0.1, 0.15) is 17.2 Å². The van der Waals surface area contributed by atoms with Crippen LogP contribution in [0.3, 0.4) is 0 Å². The van der Waals surface area contributed by atoms with Crippen molar-refractivity contribution >= 4 is 17.6 Å².